The molecule has 1 aliphatic rings. The lowest BCUT2D eigenvalue weighted by molar-refractivity contribution is -0.126. The molecule has 0 unspecified atom stereocenters. The Hall–Kier alpha value is -2.34. The van der Waals surface area contributed by atoms with Crippen molar-refractivity contribution in [2.75, 3.05) is 18.8 Å². The Kier molecular flexibility index (Phi) is 5.71. The number of nitrogen functional groups attached to an aromatic ring is 1. The quantitative estimate of drug-likeness (QED) is 0.854. The van der Waals surface area contributed by atoms with Crippen LogP contribution in [0, 0.1) is 6.92 Å². The Morgan fingerprint density at radius 2 is 2.00 bits per heavy atom. The highest BCUT2D eigenvalue weighted by molar-refractivity contribution is 8.00. The van der Waals surface area contributed by atoms with Crippen LogP contribution in [0.2, 0.25) is 0 Å². The molecule has 0 spiro atoms. The Bertz CT molecular complexity index is 752. The minimum atomic E-state index is 0.0378. The van der Waals surface area contributed by atoms with E-state index in [1.54, 1.807) is 24.5 Å². The van der Waals surface area contributed by atoms with Gasteiger partial charge in [0.1, 0.15) is 0 Å². The molecule has 0 radical (unpaired) electrons. The van der Waals surface area contributed by atoms with E-state index in [1.165, 1.54) is 10.5 Å². The first-order valence-corrected chi connectivity index (χ1v) is 9.26. The van der Waals surface area contributed by atoms with Gasteiger partial charge in [-0.25, -0.2) is 9.97 Å². The maximum atomic E-state index is 12.3. The van der Waals surface area contributed by atoms with E-state index in [-0.39, 0.29) is 11.9 Å². The van der Waals surface area contributed by atoms with Crippen molar-refractivity contribution >= 4 is 29.7 Å². The van der Waals surface area contributed by atoms with Crippen LogP contribution in [0.4, 0.5) is 5.95 Å². The molecule has 1 saturated heterocycles. The lowest BCUT2D eigenvalue weighted by Crippen LogP contribution is -2.38. The fourth-order valence-electron chi connectivity index (χ4n) is 2.78. The van der Waals surface area contributed by atoms with Crippen LogP contribution in [0.1, 0.15) is 24.0 Å². The molecule has 1 amide bonds. The number of likely N-dealkylation sites (tertiary alicyclic amines) is 1. The van der Waals surface area contributed by atoms with E-state index in [9.17, 15) is 4.79 Å². The number of hydrogen-bond acceptors (Lipinski definition) is 5. The molecule has 1 aromatic heterocycles. The van der Waals surface area contributed by atoms with Crippen LogP contribution in [0.3, 0.4) is 0 Å². The number of aromatic nitrogens is 2. The lowest BCUT2D eigenvalue weighted by Gasteiger charge is -2.31. The monoisotopic (exact) mass is 354 g/mol. The molecule has 0 aliphatic carbocycles. The van der Waals surface area contributed by atoms with Gasteiger partial charge in [-0.05, 0) is 38.0 Å². The Balaban J connectivity index is 1.49. The molecule has 2 heterocycles. The van der Waals surface area contributed by atoms with Gasteiger partial charge in [0, 0.05) is 47.3 Å². The van der Waals surface area contributed by atoms with E-state index >= 15 is 0 Å². The fourth-order valence-corrected chi connectivity index (χ4v) is 4.02. The molecule has 0 bridgehead atoms. The molecule has 25 heavy (non-hydrogen) atoms. The van der Waals surface area contributed by atoms with Gasteiger partial charge < -0.3 is 10.6 Å². The van der Waals surface area contributed by atoms with Gasteiger partial charge in [0.2, 0.25) is 11.9 Å². The molecule has 2 aromatic rings. The summed E-state index contributed by atoms with van der Waals surface area (Å²) in [7, 11) is 0. The van der Waals surface area contributed by atoms with Crippen molar-refractivity contribution in [3.63, 3.8) is 0 Å². The van der Waals surface area contributed by atoms with Crippen molar-refractivity contribution in [1.82, 2.24) is 14.9 Å². The summed E-state index contributed by atoms with van der Waals surface area (Å²) in [5.41, 5.74) is 7.51. The summed E-state index contributed by atoms with van der Waals surface area (Å²) in [4.78, 5) is 23.4. The summed E-state index contributed by atoms with van der Waals surface area (Å²) in [6.45, 7) is 3.71. The van der Waals surface area contributed by atoms with Crippen molar-refractivity contribution in [2.45, 2.75) is 29.9 Å². The number of thioether (sulfide) groups is 1. The molecule has 1 fully saturated rings. The van der Waals surface area contributed by atoms with Crippen LogP contribution in [-0.2, 0) is 4.79 Å². The van der Waals surface area contributed by atoms with Gasteiger partial charge in [-0.3, -0.25) is 4.79 Å². The molecule has 130 valence electrons. The molecule has 1 aliphatic heterocycles. The maximum Gasteiger partial charge on any atom is 0.246 e. The predicted octanol–water partition coefficient (Wildman–Crippen LogP) is 3.16. The van der Waals surface area contributed by atoms with Crippen molar-refractivity contribution in [3.8, 4) is 0 Å². The zero-order chi connectivity index (χ0) is 17.6. The van der Waals surface area contributed by atoms with Crippen LogP contribution in [-0.4, -0.2) is 39.1 Å². The average Bonchev–Trinajstić information content (AvgIpc) is 2.62. The van der Waals surface area contributed by atoms with E-state index in [0.717, 1.165) is 31.5 Å². The molecule has 0 saturated carbocycles. The zero-order valence-electron chi connectivity index (χ0n) is 14.3. The summed E-state index contributed by atoms with van der Waals surface area (Å²) in [5, 5.41) is 0.570. The topological polar surface area (TPSA) is 72.1 Å². The number of nitrogens with two attached hydrogens (primary N) is 1. The number of piperidine rings is 1. The van der Waals surface area contributed by atoms with E-state index in [1.807, 2.05) is 16.7 Å². The molecule has 2 N–H and O–H groups in total. The van der Waals surface area contributed by atoms with Crippen LogP contribution < -0.4 is 5.73 Å². The summed E-state index contributed by atoms with van der Waals surface area (Å²) in [6.07, 6.45) is 8.57. The maximum absolute atomic E-state index is 12.3. The second kappa shape index (κ2) is 8.16. The molecule has 6 heteroatoms. The number of anilines is 1. The highest BCUT2D eigenvalue weighted by atomic mass is 32.2. The summed E-state index contributed by atoms with van der Waals surface area (Å²) >= 11 is 1.92. The normalized spacial score (nSPS) is 15.6. The lowest BCUT2D eigenvalue weighted by atomic mass is 10.1. The zero-order valence-corrected chi connectivity index (χ0v) is 15.1. The van der Waals surface area contributed by atoms with E-state index in [2.05, 4.69) is 41.2 Å². The second-order valence-corrected chi connectivity index (χ2v) is 7.54. The minimum absolute atomic E-state index is 0.0378. The first kappa shape index (κ1) is 17.5. The Morgan fingerprint density at radius 3 is 2.68 bits per heavy atom. The van der Waals surface area contributed by atoms with Crippen molar-refractivity contribution in [2.24, 2.45) is 0 Å². The number of rotatable bonds is 4. The highest BCUT2D eigenvalue weighted by Gasteiger charge is 2.22. The van der Waals surface area contributed by atoms with Crippen molar-refractivity contribution in [1.29, 1.82) is 0 Å². The van der Waals surface area contributed by atoms with Gasteiger partial charge in [0.15, 0.2) is 0 Å². The summed E-state index contributed by atoms with van der Waals surface area (Å²) in [5.74, 6) is 0.271. The third-order valence-electron chi connectivity index (χ3n) is 4.16. The predicted molar refractivity (Wildman–Crippen MR) is 102 cm³/mol. The first-order chi connectivity index (χ1) is 12.1. The standard InChI is InChI=1S/C19H22N4OS/c1-14-3-2-4-17(11-14)25-16-7-9-23(10-8-16)18(24)6-5-15-12-21-19(20)22-13-15/h2-6,11-13,16H,7-10H2,1H3,(H2,20,21,22)/b6-5+. The summed E-state index contributed by atoms with van der Waals surface area (Å²) < 4.78 is 0. The molecule has 1 aromatic carbocycles. The van der Waals surface area contributed by atoms with Gasteiger partial charge in [0.25, 0.3) is 0 Å². The fraction of sp³-hybridized carbons (Fsp3) is 0.316. The SMILES string of the molecule is Cc1cccc(SC2CCN(C(=O)/C=C/c3cnc(N)nc3)CC2)c1. The van der Waals surface area contributed by atoms with Gasteiger partial charge in [-0.1, -0.05) is 17.7 Å². The number of carbonyl (C=O) groups excluding carboxylic acids is 1. The van der Waals surface area contributed by atoms with Gasteiger partial charge >= 0.3 is 0 Å². The van der Waals surface area contributed by atoms with Gasteiger partial charge in [0.05, 0.1) is 0 Å². The molecule has 0 atom stereocenters. The largest absolute Gasteiger partial charge is 0.368 e. The van der Waals surface area contributed by atoms with Crippen LogP contribution >= 0.6 is 11.8 Å². The first-order valence-electron chi connectivity index (χ1n) is 8.38. The van der Waals surface area contributed by atoms with Crippen LogP contribution in [0.5, 0.6) is 0 Å². The summed E-state index contributed by atoms with van der Waals surface area (Å²) in [6, 6.07) is 8.60. The number of carbonyl (C=O) groups is 1. The molecular formula is C19H22N4OS. The van der Waals surface area contributed by atoms with Gasteiger partial charge in [-0.15, -0.1) is 11.8 Å². The third kappa shape index (κ3) is 5.06. The highest BCUT2D eigenvalue weighted by Crippen LogP contribution is 2.30. The number of aryl methyl sites for hydroxylation is 1. The minimum Gasteiger partial charge on any atom is -0.368 e. The van der Waals surface area contributed by atoms with Gasteiger partial charge in [-0.2, -0.15) is 0 Å². The molecule has 5 nitrogen and oxygen atoms in total. The van der Waals surface area contributed by atoms with Crippen molar-refractivity contribution < 1.29 is 4.79 Å². The number of benzene rings is 1. The average molecular weight is 354 g/mol. The molecule has 3 rings (SSSR count). The third-order valence-corrected chi connectivity index (χ3v) is 5.49. The van der Waals surface area contributed by atoms with Crippen LogP contribution in [0.15, 0.2) is 47.6 Å². The molecular weight excluding hydrogens is 332 g/mol. The number of nitrogens with zero attached hydrogens (tertiary/aromatic N) is 3. The van der Waals surface area contributed by atoms with E-state index in [4.69, 9.17) is 5.73 Å². The van der Waals surface area contributed by atoms with E-state index in [0.29, 0.717) is 5.25 Å². The van der Waals surface area contributed by atoms with E-state index < -0.39 is 0 Å². The van der Waals surface area contributed by atoms with Crippen molar-refractivity contribution in [3.05, 3.63) is 53.9 Å². The Morgan fingerprint density at radius 1 is 1.28 bits per heavy atom. The van der Waals surface area contributed by atoms with Crippen LogP contribution in [0.25, 0.3) is 6.08 Å². The smallest absolute Gasteiger partial charge is 0.246 e. The second-order valence-electron chi connectivity index (χ2n) is 6.17. The Labute approximate surface area is 152 Å². The number of hydrogen-bond donors (Lipinski definition) is 1. The number of amides is 1.